The summed E-state index contributed by atoms with van der Waals surface area (Å²) in [7, 11) is -0.658. The highest BCUT2D eigenvalue weighted by Crippen LogP contribution is 2.23. The number of nitrogens with zero attached hydrogens (tertiary/aromatic N) is 1. The van der Waals surface area contributed by atoms with E-state index in [1.54, 1.807) is 0 Å². The fraction of sp³-hybridized carbons (Fsp3) is 1.00. The van der Waals surface area contributed by atoms with E-state index in [-0.39, 0.29) is 6.04 Å². The van der Waals surface area contributed by atoms with Crippen LogP contribution in [0.5, 0.6) is 0 Å². The SMILES string of the molecule is CC1CC(N(C)C2CCS(=O)(=O)C2)CCN1. The van der Waals surface area contributed by atoms with Gasteiger partial charge in [0, 0.05) is 18.1 Å². The Bertz CT molecular complexity index is 342. The zero-order valence-electron chi connectivity index (χ0n) is 10.1. The summed E-state index contributed by atoms with van der Waals surface area (Å²) in [5.41, 5.74) is 0. The van der Waals surface area contributed by atoms with Gasteiger partial charge in [0.05, 0.1) is 11.5 Å². The third kappa shape index (κ3) is 2.76. The minimum absolute atomic E-state index is 0.250. The molecule has 0 saturated carbocycles. The van der Waals surface area contributed by atoms with Gasteiger partial charge in [-0.3, -0.25) is 4.90 Å². The summed E-state index contributed by atoms with van der Waals surface area (Å²) in [5.74, 6) is 0.740. The Morgan fingerprint density at radius 1 is 1.25 bits per heavy atom. The van der Waals surface area contributed by atoms with Crippen molar-refractivity contribution in [3.05, 3.63) is 0 Å². The van der Waals surface area contributed by atoms with Gasteiger partial charge in [-0.15, -0.1) is 0 Å². The summed E-state index contributed by atoms with van der Waals surface area (Å²) in [4.78, 5) is 2.31. The second-order valence-electron chi connectivity index (χ2n) is 5.26. The minimum Gasteiger partial charge on any atom is -0.314 e. The van der Waals surface area contributed by atoms with Gasteiger partial charge in [0.1, 0.15) is 0 Å². The lowest BCUT2D eigenvalue weighted by atomic mass is 9.98. The van der Waals surface area contributed by atoms with Crippen LogP contribution < -0.4 is 5.32 Å². The van der Waals surface area contributed by atoms with Crippen LogP contribution in [0.3, 0.4) is 0 Å². The maximum Gasteiger partial charge on any atom is 0.151 e. The van der Waals surface area contributed by atoms with E-state index >= 15 is 0 Å². The molecule has 3 atom stereocenters. The fourth-order valence-electron chi connectivity index (χ4n) is 2.87. The first kappa shape index (κ1) is 12.3. The number of piperidine rings is 1. The Morgan fingerprint density at radius 2 is 2.00 bits per heavy atom. The largest absolute Gasteiger partial charge is 0.314 e. The molecule has 2 aliphatic rings. The van der Waals surface area contributed by atoms with E-state index in [9.17, 15) is 8.42 Å². The first-order valence-corrected chi connectivity index (χ1v) is 7.96. The van der Waals surface area contributed by atoms with Crippen molar-refractivity contribution >= 4 is 9.84 Å². The molecular formula is C11H22N2O2S. The van der Waals surface area contributed by atoms with Crippen molar-refractivity contribution in [2.75, 3.05) is 25.1 Å². The molecule has 1 N–H and O–H groups in total. The predicted molar refractivity (Wildman–Crippen MR) is 65.3 cm³/mol. The molecule has 3 unspecified atom stereocenters. The standard InChI is InChI=1S/C11H22N2O2S/c1-9-7-10(3-5-12-9)13(2)11-4-6-16(14,15)8-11/h9-12H,3-8H2,1-2H3. The van der Waals surface area contributed by atoms with Crippen molar-refractivity contribution in [3.8, 4) is 0 Å². The maximum absolute atomic E-state index is 11.5. The second-order valence-corrected chi connectivity index (χ2v) is 7.48. The van der Waals surface area contributed by atoms with E-state index in [0.29, 0.717) is 23.6 Å². The van der Waals surface area contributed by atoms with Crippen molar-refractivity contribution in [2.45, 2.75) is 44.3 Å². The first-order valence-electron chi connectivity index (χ1n) is 6.14. The van der Waals surface area contributed by atoms with Gasteiger partial charge in [-0.2, -0.15) is 0 Å². The van der Waals surface area contributed by atoms with Crippen molar-refractivity contribution in [3.63, 3.8) is 0 Å². The summed E-state index contributed by atoms with van der Waals surface area (Å²) in [6, 6.07) is 1.36. The average Bonchev–Trinajstić information content (AvgIpc) is 2.58. The lowest BCUT2D eigenvalue weighted by Gasteiger charge is -2.37. The molecule has 2 fully saturated rings. The predicted octanol–water partition coefficient (Wildman–Crippen LogP) is 0.246. The number of rotatable bonds is 2. The van der Waals surface area contributed by atoms with E-state index in [2.05, 4.69) is 24.2 Å². The van der Waals surface area contributed by atoms with E-state index < -0.39 is 9.84 Å². The Labute approximate surface area is 98.3 Å². The van der Waals surface area contributed by atoms with Crippen LogP contribution in [0, 0.1) is 0 Å². The van der Waals surface area contributed by atoms with Gasteiger partial charge < -0.3 is 5.32 Å². The van der Waals surface area contributed by atoms with E-state index in [1.807, 2.05) is 0 Å². The quantitative estimate of drug-likeness (QED) is 0.758. The van der Waals surface area contributed by atoms with Crippen LogP contribution in [-0.2, 0) is 9.84 Å². The number of nitrogens with one attached hydrogen (secondary N) is 1. The van der Waals surface area contributed by atoms with Crippen LogP contribution in [0.1, 0.15) is 26.2 Å². The molecule has 0 bridgehead atoms. The zero-order valence-corrected chi connectivity index (χ0v) is 11.0. The summed E-state index contributed by atoms with van der Waals surface area (Å²) in [6.07, 6.45) is 3.08. The van der Waals surface area contributed by atoms with Gasteiger partial charge in [-0.05, 0) is 39.8 Å². The number of sulfone groups is 1. The molecule has 0 spiro atoms. The fourth-order valence-corrected chi connectivity index (χ4v) is 4.66. The average molecular weight is 246 g/mol. The molecule has 2 saturated heterocycles. The molecule has 0 aromatic heterocycles. The highest BCUT2D eigenvalue weighted by molar-refractivity contribution is 7.91. The smallest absolute Gasteiger partial charge is 0.151 e. The van der Waals surface area contributed by atoms with Gasteiger partial charge in [-0.25, -0.2) is 8.42 Å². The summed E-state index contributed by atoms with van der Waals surface area (Å²) < 4.78 is 22.9. The Hall–Kier alpha value is -0.130. The van der Waals surface area contributed by atoms with Gasteiger partial charge in [0.15, 0.2) is 9.84 Å². The molecule has 0 radical (unpaired) electrons. The van der Waals surface area contributed by atoms with Crippen molar-refractivity contribution in [1.82, 2.24) is 10.2 Å². The molecule has 0 aromatic rings. The highest BCUT2D eigenvalue weighted by Gasteiger charge is 2.34. The van der Waals surface area contributed by atoms with Gasteiger partial charge >= 0.3 is 0 Å². The van der Waals surface area contributed by atoms with Crippen LogP contribution in [0.4, 0.5) is 0 Å². The lowest BCUT2D eigenvalue weighted by Crippen LogP contribution is -2.49. The van der Waals surface area contributed by atoms with Crippen LogP contribution in [0.2, 0.25) is 0 Å². The van der Waals surface area contributed by atoms with Gasteiger partial charge in [-0.1, -0.05) is 0 Å². The van der Waals surface area contributed by atoms with Crippen molar-refractivity contribution in [2.24, 2.45) is 0 Å². The van der Waals surface area contributed by atoms with E-state index in [4.69, 9.17) is 0 Å². The molecule has 2 rings (SSSR count). The third-order valence-electron chi connectivity index (χ3n) is 3.96. The Balaban J connectivity index is 1.94. The van der Waals surface area contributed by atoms with E-state index in [1.165, 1.54) is 0 Å². The molecule has 0 amide bonds. The molecule has 4 nitrogen and oxygen atoms in total. The molecular weight excluding hydrogens is 224 g/mol. The Kier molecular flexibility index (Phi) is 3.56. The third-order valence-corrected chi connectivity index (χ3v) is 5.71. The molecule has 0 aliphatic carbocycles. The molecule has 2 aliphatic heterocycles. The summed E-state index contributed by atoms with van der Waals surface area (Å²) in [6.45, 7) is 3.25. The van der Waals surface area contributed by atoms with Crippen LogP contribution in [-0.4, -0.2) is 56.5 Å². The van der Waals surface area contributed by atoms with Crippen LogP contribution >= 0.6 is 0 Å². The number of hydrogen-bond donors (Lipinski definition) is 1. The van der Waals surface area contributed by atoms with Gasteiger partial charge in [0.25, 0.3) is 0 Å². The first-order chi connectivity index (χ1) is 7.48. The van der Waals surface area contributed by atoms with E-state index in [0.717, 1.165) is 25.8 Å². The van der Waals surface area contributed by atoms with Crippen molar-refractivity contribution < 1.29 is 8.42 Å². The Morgan fingerprint density at radius 3 is 2.56 bits per heavy atom. The molecule has 16 heavy (non-hydrogen) atoms. The monoisotopic (exact) mass is 246 g/mol. The normalized spacial score (nSPS) is 39.1. The van der Waals surface area contributed by atoms with Crippen molar-refractivity contribution in [1.29, 1.82) is 0 Å². The minimum atomic E-state index is -2.75. The summed E-state index contributed by atoms with van der Waals surface area (Å²) >= 11 is 0. The van der Waals surface area contributed by atoms with Crippen LogP contribution in [0.25, 0.3) is 0 Å². The topological polar surface area (TPSA) is 49.4 Å². The molecule has 5 heteroatoms. The molecule has 94 valence electrons. The highest BCUT2D eigenvalue weighted by atomic mass is 32.2. The maximum atomic E-state index is 11.5. The molecule has 0 aromatic carbocycles. The molecule has 2 heterocycles. The van der Waals surface area contributed by atoms with Gasteiger partial charge in [0.2, 0.25) is 0 Å². The summed E-state index contributed by atoms with van der Waals surface area (Å²) in [5, 5.41) is 3.43. The zero-order chi connectivity index (χ0) is 11.8. The lowest BCUT2D eigenvalue weighted by molar-refractivity contribution is 0.140. The number of hydrogen-bond acceptors (Lipinski definition) is 4. The van der Waals surface area contributed by atoms with Crippen LogP contribution in [0.15, 0.2) is 0 Å². The second kappa shape index (κ2) is 4.63.